The molecule has 0 amide bonds. The Morgan fingerprint density at radius 2 is 1.92 bits per heavy atom. The van der Waals surface area contributed by atoms with Crippen molar-refractivity contribution >= 4 is 16.7 Å². The lowest BCUT2D eigenvalue weighted by Gasteiger charge is -2.26. The zero-order valence-corrected chi connectivity index (χ0v) is 14.3. The molecule has 0 radical (unpaired) electrons. The molecule has 4 heteroatoms. The van der Waals surface area contributed by atoms with E-state index in [-0.39, 0.29) is 0 Å². The van der Waals surface area contributed by atoms with Gasteiger partial charge in [-0.1, -0.05) is 18.2 Å². The standard InChI is InChI=1S/C20H24N4/c1-14-3-2-4-17-9-18(10-22-13-21)20(23-19(14)17)24(11-15-5-6-15)12-16-7-8-16/h2-4,9,15-16,22H,5-8,10-12H2,1H3. The summed E-state index contributed by atoms with van der Waals surface area (Å²) >= 11 is 0. The van der Waals surface area contributed by atoms with Gasteiger partial charge in [-0.05, 0) is 56.1 Å². The summed E-state index contributed by atoms with van der Waals surface area (Å²) in [6, 6.07) is 8.52. The number of nitrogens with one attached hydrogen (secondary N) is 1. The van der Waals surface area contributed by atoms with Crippen LogP contribution in [0.4, 0.5) is 5.82 Å². The number of hydrogen-bond acceptors (Lipinski definition) is 4. The molecule has 2 saturated carbocycles. The fourth-order valence-corrected chi connectivity index (χ4v) is 3.39. The Hall–Kier alpha value is -2.28. The third kappa shape index (κ3) is 3.31. The highest BCUT2D eigenvalue weighted by atomic mass is 15.2. The SMILES string of the molecule is Cc1cccc2cc(CNC#N)c(N(CC3CC3)CC3CC3)nc12. The molecule has 0 atom stereocenters. The van der Waals surface area contributed by atoms with Crippen LogP contribution in [0.25, 0.3) is 10.9 Å². The van der Waals surface area contributed by atoms with Gasteiger partial charge < -0.3 is 10.2 Å². The molecule has 1 N–H and O–H groups in total. The average Bonchev–Trinajstić information content (AvgIpc) is 3.48. The molecule has 2 aliphatic carbocycles. The molecule has 1 heterocycles. The molecule has 124 valence electrons. The quantitative estimate of drug-likeness (QED) is 0.624. The third-order valence-corrected chi connectivity index (χ3v) is 5.11. The normalized spacial score (nSPS) is 16.8. The lowest BCUT2D eigenvalue weighted by molar-refractivity contribution is 0.667. The smallest absolute Gasteiger partial charge is 0.176 e. The summed E-state index contributed by atoms with van der Waals surface area (Å²) in [6.45, 7) is 4.90. The number of aromatic nitrogens is 1. The number of aryl methyl sites for hydroxylation is 1. The number of fused-ring (bicyclic) bond motifs is 1. The van der Waals surface area contributed by atoms with Crippen LogP contribution in [0.15, 0.2) is 24.3 Å². The van der Waals surface area contributed by atoms with Gasteiger partial charge in [0.15, 0.2) is 6.19 Å². The van der Waals surface area contributed by atoms with E-state index in [1.165, 1.54) is 31.2 Å². The highest BCUT2D eigenvalue weighted by molar-refractivity contribution is 5.84. The van der Waals surface area contributed by atoms with Gasteiger partial charge in [0, 0.05) is 24.0 Å². The maximum Gasteiger partial charge on any atom is 0.176 e. The number of nitriles is 1. The number of pyridine rings is 1. The highest BCUT2D eigenvalue weighted by Crippen LogP contribution is 2.37. The molecule has 0 bridgehead atoms. The van der Waals surface area contributed by atoms with Crippen LogP contribution < -0.4 is 10.2 Å². The van der Waals surface area contributed by atoms with Crippen molar-refractivity contribution in [2.24, 2.45) is 11.8 Å². The van der Waals surface area contributed by atoms with Crippen molar-refractivity contribution in [3.63, 3.8) is 0 Å². The molecular formula is C20H24N4. The van der Waals surface area contributed by atoms with Crippen molar-refractivity contribution in [1.82, 2.24) is 10.3 Å². The summed E-state index contributed by atoms with van der Waals surface area (Å²) in [4.78, 5) is 7.56. The first-order valence-electron chi connectivity index (χ1n) is 9.00. The van der Waals surface area contributed by atoms with E-state index in [9.17, 15) is 0 Å². The fraction of sp³-hybridized carbons (Fsp3) is 0.500. The first kappa shape index (κ1) is 15.3. The predicted octanol–water partition coefficient (Wildman–Crippen LogP) is 3.74. The zero-order valence-electron chi connectivity index (χ0n) is 14.3. The number of nitrogens with zero attached hydrogens (tertiary/aromatic N) is 3. The minimum absolute atomic E-state index is 0.550. The predicted molar refractivity (Wildman–Crippen MR) is 96.6 cm³/mol. The largest absolute Gasteiger partial charge is 0.356 e. The van der Waals surface area contributed by atoms with Gasteiger partial charge in [-0.2, -0.15) is 5.26 Å². The molecule has 2 fully saturated rings. The number of para-hydroxylation sites is 1. The van der Waals surface area contributed by atoms with E-state index in [0.29, 0.717) is 6.54 Å². The van der Waals surface area contributed by atoms with Crippen LogP contribution in [-0.4, -0.2) is 18.1 Å². The second-order valence-electron chi connectivity index (χ2n) is 7.37. The van der Waals surface area contributed by atoms with Gasteiger partial charge in [0.05, 0.1) is 12.1 Å². The van der Waals surface area contributed by atoms with E-state index in [4.69, 9.17) is 10.2 Å². The first-order valence-corrected chi connectivity index (χ1v) is 9.00. The van der Waals surface area contributed by atoms with Gasteiger partial charge in [0.1, 0.15) is 5.82 Å². The van der Waals surface area contributed by atoms with Crippen LogP contribution in [0.1, 0.15) is 36.8 Å². The van der Waals surface area contributed by atoms with E-state index < -0.39 is 0 Å². The van der Waals surface area contributed by atoms with E-state index in [1.807, 2.05) is 0 Å². The summed E-state index contributed by atoms with van der Waals surface area (Å²) in [5, 5.41) is 12.9. The number of anilines is 1. The lowest BCUT2D eigenvalue weighted by atomic mass is 10.1. The molecule has 1 aromatic heterocycles. The molecule has 2 aromatic rings. The van der Waals surface area contributed by atoms with Gasteiger partial charge in [0.2, 0.25) is 0 Å². The van der Waals surface area contributed by atoms with E-state index >= 15 is 0 Å². The second kappa shape index (κ2) is 6.32. The van der Waals surface area contributed by atoms with Crippen molar-refractivity contribution in [2.75, 3.05) is 18.0 Å². The number of rotatable bonds is 7. The molecule has 4 nitrogen and oxygen atoms in total. The highest BCUT2D eigenvalue weighted by Gasteiger charge is 2.31. The van der Waals surface area contributed by atoms with Crippen molar-refractivity contribution < 1.29 is 0 Å². The number of benzene rings is 1. The molecular weight excluding hydrogens is 296 g/mol. The summed E-state index contributed by atoms with van der Waals surface area (Å²) < 4.78 is 0. The van der Waals surface area contributed by atoms with Gasteiger partial charge >= 0.3 is 0 Å². The van der Waals surface area contributed by atoms with Crippen molar-refractivity contribution in [2.45, 2.75) is 39.2 Å². The van der Waals surface area contributed by atoms with Crippen molar-refractivity contribution in [3.05, 3.63) is 35.4 Å². The Labute approximate surface area is 143 Å². The molecule has 1 aromatic carbocycles. The Balaban J connectivity index is 1.76. The second-order valence-corrected chi connectivity index (χ2v) is 7.37. The maximum absolute atomic E-state index is 8.93. The summed E-state index contributed by atoms with van der Waals surface area (Å²) in [7, 11) is 0. The topological polar surface area (TPSA) is 52.0 Å². The number of hydrogen-bond donors (Lipinski definition) is 1. The zero-order chi connectivity index (χ0) is 16.5. The minimum Gasteiger partial charge on any atom is -0.356 e. The molecule has 24 heavy (non-hydrogen) atoms. The monoisotopic (exact) mass is 320 g/mol. The van der Waals surface area contributed by atoms with Gasteiger partial charge in [-0.15, -0.1) is 0 Å². The van der Waals surface area contributed by atoms with Crippen LogP contribution in [0, 0.1) is 30.2 Å². The van der Waals surface area contributed by atoms with E-state index in [2.05, 4.69) is 47.6 Å². The Bertz CT molecular complexity index is 770. The Kier molecular flexibility index (Phi) is 4.02. The molecule has 4 rings (SSSR count). The maximum atomic E-state index is 8.93. The molecule has 2 aliphatic rings. The van der Waals surface area contributed by atoms with E-state index in [0.717, 1.165) is 47.2 Å². The summed E-state index contributed by atoms with van der Waals surface area (Å²) in [5.41, 5.74) is 3.44. The summed E-state index contributed by atoms with van der Waals surface area (Å²) in [5.74, 6) is 2.74. The van der Waals surface area contributed by atoms with Crippen molar-refractivity contribution in [3.8, 4) is 6.19 Å². The Morgan fingerprint density at radius 3 is 2.54 bits per heavy atom. The van der Waals surface area contributed by atoms with Gasteiger partial charge in [0.25, 0.3) is 0 Å². The minimum atomic E-state index is 0.550. The van der Waals surface area contributed by atoms with Crippen LogP contribution >= 0.6 is 0 Å². The van der Waals surface area contributed by atoms with Gasteiger partial charge in [-0.3, -0.25) is 0 Å². The average molecular weight is 320 g/mol. The molecule has 0 aliphatic heterocycles. The molecule has 0 saturated heterocycles. The van der Waals surface area contributed by atoms with Crippen molar-refractivity contribution in [1.29, 1.82) is 5.26 Å². The first-order chi connectivity index (χ1) is 11.7. The van der Waals surface area contributed by atoms with Gasteiger partial charge in [-0.25, -0.2) is 4.98 Å². The van der Waals surface area contributed by atoms with Crippen LogP contribution in [0.5, 0.6) is 0 Å². The van der Waals surface area contributed by atoms with Crippen LogP contribution in [-0.2, 0) is 6.54 Å². The van der Waals surface area contributed by atoms with Crippen LogP contribution in [0.3, 0.4) is 0 Å². The Morgan fingerprint density at radius 1 is 1.21 bits per heavy atom. The molecule has 0 spiro atoms. The third-order valence-electron chi connectivity index (χ3n) is 5.11. The van der Waals surface area contributed by atoms with E-state index in [1.54, 1.807) is 0 Å². The lowest BCUT2D eigenvalue weighted by Crippen LogP contribution is -2.30. The summed E-state index contributed by atoms with van der Waals surface area (Å²) in [6.07, 6.45) is 7.44. The fourth-order valence-electron chi connectivity index (χ4n) is 3.39. The van der Waals surface area contributed by atoms with Crippen LogP contribution in [0.2, 0.25) is 0 Å². The molecule has 0 unspecified atom stereocenters.